The van der Waals surface area contributed by atoms with Crippen molar-refractivity contribution < 1.29 is 4.74 Å². The fourth-order valence-corrected chi connectivity index (χ4v) is 1.95. The van der Waals surface area contributed by atoms with Crippen LogP contribution in [0, 0.1) is 18.3 Å². The zero-order chi connectivity index (χ0) is 13.0. The van der Waals surface area contributed by atoms with Crippen LogP contribution >= 0.6 is 11.6 Å². The van der Waals surface area contributed by atoms with Gasteiger partial charge >= 0.3 is 0 Å². The third-order valence-electron chi connectivity index (χ3n) is 2.66. The Bertz CT molecular complexity index is 602. The largest absolute Gasteiger partial charge is 0.457 e. The fraction of sp³-hybridized carbons (Fsp3) is 0.133. The van der Waals surface area contributed by atoms with Crippen molar-refractivity contribution in [2.24, 2.45) is 0 Å². The minimum atomic E-state index is 0.496. The Morgan fingerprint density at radius 3 is 2.61 bits per heavy atom. The highest BCUT2D eigenvalue weighted by Crippen LogP contribution is 2.25. The molecule has 2 nitrogen and oxygen atoms in total. The average molecular weight is 258 g/mol. The van der Waals surface area contributed by atoms with Crippen LogP contribution in [0.4, 0.5) is 0 Å². The van der Waals surface area contributed by atoms with E-state index in [1.165, 1.54) is 0 Å². The molecular formula is C15H12ClNO. The second kappa shape index (κ2) is 5.57. The molecule has 0 radical (unpaired) electrons. The molecule has 2 aromatic carbocycles. The van der Waals surface area contributed by atoms with Gasteiger partial charge in [0.1, 0.15) is 11.5 Å². The molecule has 0 aliphatic heterocycles. The van der Waals surface area contributed by atoms with Crippen LogP contribution in [0.1, 0.15) is 16.7 Å². The van der Waals surface area contributed by atoms with Crippen molar-refractivity contribution in [3.63, 3.8) is 0 Å². The Kier molecular flexibility index (Phi) is 3.86. The van der Waals surface area contributed by atoms with Gasteiger partial charge in [0, 0.05) is 5.88 Å². The van der Waals surface area contributed by atoms with Crippen LogP contribution in [0.3, 0.4) is 0 Å². The van der Waals surface area contributed by atoms with E-state index >= 15 is 0 Å². The first kappa shape index (κ1) is 12.5. The molecule has 2 aromatic rings. The summed E-state index contributed by atoms with van der Waals surface area (Å²) in [6.45, 7) is 2.00. The van der Waals surface area contributed by atoms with Crippen LogP contribution in [0.5, 0.6) is 11.5 Å². The Balaban J connectivity index is 2.23. The van der Waals surface area contributed by atoms with E-state index in [9.17, 15) is 0 Å². The lowest BCUT2D eigenvalue weighted by molar-refractivity contribution is 0.482. The highest BCUT2D eigenvalue weighted by molar-refractivity contribution is 6.17. The van der Waals surface area contributed by atoms with Gasteiger partial charge in [-0.1, -0.05) is 12.1 Å². The molecule has 0 unspecified atom stereocenters. The smallest absolute Gasteiger partial charge is 0.128 e. The fourth-order valence-electron chi connectivity index (χ4n) is 1.65. The van der Waals surface area contributed by atoms with Crippen LogP contribution in [0.25, 0.3) is 0 Å². The van der Waals surface area contributed by atoms with Crippen LogP contribution < -0.4 is 4.74 Å². The van der Waals surface area contributed by atoms with Gasteiger partial charge in [-0.2, -0.15) is 5.26 Å². The first-order chi connectivity index (χ1) is 8.72. The second-order valence-electron chi connectivity index (χ2n) is 3.96. The molecule has 18 heavy (non-hydrogen) atoms. The maximum absolute atomic E-state index is 8.82. The molecule has 0 aliphatic carbocycles. The summed E-state index contributed by atoms with van der Waals surface area (Å²) in [6.07, 6.45) is 0. The van der Waals surface area contributed by atoms with Crippen molar-refractivity contribution in [3.8, 4) is 17.6 Å². The van der Waals surface area contributed by atoms with E-state index in [4.69, 9.17) is 21.6 Å². The highest BCUT2D eigenvalue weighted by Gasteiger charge is 2.02. The monoisotopic (exact) mass is 257 g/mol. The van der Waals surface area contributed by atoms with Gasteiger partial charge in [0.25, 0.3) is 0 Å². The Hall–Kier alpha value is -1.98. The summed E-state index contributed by atoms with van der Waals surface area (Å²) < 4.78 is 5.71. The number of benzene rings is 2. The minimum absolute atomic E-state index is 0.496. The number of halogens is 1. The number of alkyl halides is 1. The van der Waals surface area contributed by atoms with Gasteiger partial charge < -0.3 is 4.74 Å². The van der Waals surface area contributed by atoms with E-state index in [1.807, 2.05) is 31.2 Å². The zero-order valence-electron chi connectivity index (χ0n) is 9.98. The van der Waals surface area contributed by atoms with Crippen molar-refractivity contribution in [2.75, 3.05) is 0 Å². The molecule has 0 bridgehead atoms. The van der Waals surface area contributed by atoms with E-state index < -0.39 is 0 Å². The number of rotatable bonds is 3. The molecular weight excluding hydrogens is 246 g/mol. The molecule has 0 heterocycles. The Labute approximate surface area is 111 Å². The van der Waals surface area contributed by atoms with E-state index in [0.29, 0.717) is 17.2 Å². The number of hydrogen-bond donors (Lipinski definition) is 0. The third-order valence-corrected chi connectivity index (χ3v) is 2.94. The molecule has 0 aromatic heterocycles. The number of nitrogens with zero attached hydrogens (tertiary/aromatic N) is 1. The van der Waals surface area contributed by atoms with Crippen LogP contribution in [0.2, 0.25) is 0 Å². The molecule has 0 saturated heterocycles. The summed E-state index contributed by atoms with van der Waals surface area (Å²) in [5.74, 6) is 1.90. The van der Waals surface area contributed by atoms with E-state index in [0.717, 1.165) is 16.9 Å². The first-order valence-corrected chi connectivity index (χ1v) is 6.10. The summed E-state index contributed by atoms with van der Waals surface area (Å²) in [5.41, 5.74) is 2.77. The first-order valence-electron chi connectivity index (χ1n) is 5.56. The van der Waals surface area contributed by atoms with Gasteiger partial charge in [-0.3, -0.25) is 0 Å². The lowest BCUT2D eigenvalue weighted by Crippen LogP contribution is -1.89. The van der Waals surface area contributed by atoms with E-state index in [1.54, 1.807) is 18.2 Å². The average Bonchev–Trinajstić information content (AvgIpc) is 2.39. The molecule has 0 saturated carbocycles. The summed E-state index contributed by atoms with van der Waals surface area (Å²) >= 11 is 5.81. The molecule has 0 spiro atoms. The van der Waals surface area contributed by atoms with Gasteiger partial charge in [-0.15, -0.1) is 11.6 Å². The number of hydrogen-bond acceptors (Lipinski definition) is 2. The van der Waals surface area contributed by atoms with E-state index in [2.05, 4.69) is 6.07 Å². The Morgan fingerprint density at radius 1 is 1.17 bits per heavy atom. The molecule has 0 N–H and O–H groups in total. The number of nitriles is 1. The van der Waals surface area contributed by atoms with Gasteiger partial charge in [0.05, 0.1) is 11.6 Å². The second-order valence-corrected chi connectivity index (χ2v) is 4.23. The lowest BCUT2D eigenvalue weighted by atomic mass is 10.1. The standard InChI is InChI=1S/C15H12ClNO/c1-11-7-15(6-5-13(11)9-16)18-14-4-2-3-12(8-14)10-17/h2-8H,9H2,1H3. The summed E-state index contributed by atoms with van der Waals surface area (Å²) in [7, 11) is 0. The maximum Gasteiger partial charge on any atom is 0.128 e. The van der Waals surface area contributed by atoms with Gasteiger partial charge in [0.15, 0.2) is 0 Å². The predicted octanol–water partition coefficient (Wildman–Crippen LogP) is 4.40. The van der Waals surface area contributed by atoms with Crippen molar-refractivity contribution in [1.82, 2.24) is 0 Å². The molecule has 0 fully saturated rings. The lowest BCUT2D eigenvalue weighted by Gasteiger charge is -2.08. The van der Waals surface area contributed by atoms with Gasteiger partial charge in [0.2, 0.25) is 0 Å². The van der Waals surface area contributed by atoms with Crippen molar-refractivity contribution in [3.05, 3.63) is 59.2 Å². The normalized spacial score (nSPS) is 9.83. The van der Waals surface area contributed by atoms with Gasteiger partial charge in [-0.25, -0.2) is 0 Å². The molecule has 0 atom stereocenters. The van der Waals surface area contributed by atoms with Gasteiger partial charge in [-0.05, 0) is 48.4 Å². The quantitative estimate of drug-likeness (QED) is 0.764. The van der Waals surface area contributed by atoms with Crippen molar-refractivity contribution in [2.45, 2.75) is 12.8 Å². The summed E-state index contributed by atoms with van der Waals surface area (Å²) in [4.78, 5) is 0. The van der Waals surface area contributed by atoms with Crippen LogP contribution in [-0.2, 0) is 5.88 Å². The molecule has 3 heteroatoms. The van der Waals surface area contributed by atoms with Crippen LogP contribution in [-0.4, -0.2) is 0 Å². The molecule has 0 amide bonds. The summed E-state index contributed by atoms with van der Waals surface area (Å²) in [6, 6.07) is 14.9. The predicted molar refractivity (Wildman–Crippen MR) is 72.0 cm³/mol. The number of aryl methyl sites for hydroxylation is 1. The van der Waals surface area contributed by atoms with Crippen molar-refractivity contribution >= 4 is 11.6 Å². The van der Waals surface area contributed by atoms with E-state index in [-0.39, 0.29) is 0 Å². The minimum Gasteiger partial charge on any atom is -0.457 e. The third kappa shape index (κ3) is 2.82. The van der Waals surface area contributed by atoms with Crippen molar-refractivity contribution in [1.29, 1.82) is 5.26 Å². The number of ether oxygens (including phenoxy) is 1. The zero-order valence-corrected chi connectivity index (χ0v) is 10.7. The topological polar surface area (TPSA) is 33.0 Å². The SMILES string of the molecule is Cc1cc(Oc2cccc(C#N)c2)ccc1CCl. The maximum atomic E-state index is 8.82. The summed E-state index contributed by atoms with van der Waals surface area (Å²) in [5, 5.41) is 8.82. The van der Waals surface area contributed by atoms with Crippen LogP contribution in [0.15, 0.2) is 42.5 Å². The molecule has 90 valence electrons. The molecule has 0 aliphatic rings. The molecule has 2 rings (SSSR count). The highest BCUT2D eigenvalue weighted by atomic mass is 35.5. The Morgan fingerprint density at radius 2 is 1.94 bits per heavy atom.